The topological polar surface area (TPSA) is 91.6 Å². The highest BCUT2D eigenvalue weighted by atomic mass is 19.4. The summed E-state index contributed by atoms with van der Waals surface area (Å²) < 4.78 is 57.5. The number of nitrogens with zero attached hydrogens (tertiary/aromatic N) is 2. The lowest BCUT2D eigenvalue weighted by atomic mass is 9.89. The number of carbonyl (C=O) groups is 2. The first-order chi connectivity index (χ1) is 21.3. The number of aromatic nitrogens is 1. The quantitative estimate of drug-likeness (QED) is 0.209. The molecule has 0 aliphatic rings. The van der Waals surface area contributed by atoms with Crippen LogP contribution in [0, 0.1) is 39.4 Å². The van der Waals surface area contributed by atoms with Gasteiger partial charge >= 0.3 is 12.1 Å². The van der Waals surface area contributed by atoms with Gasteiger partial charge in [-0.05, 0) is 124 Å². The molecule has 0 saturated heterocycles. The zero-order valence-electron chi connectivity index (χ0n) is 27.6. The van der Waals surface area contributed by atoms with Crippen molar-refractivity contribution in [3.8, 4) is 11.1 Å². The van der Waals surface area contributed by atoms with E-state index in [-0.39, 0.29) is 29.0 Å². The summed E-state index contributed by atoms with van der Waals surface area (Å²) in [5, 5.41) is 12.5. The molecule has 3 aromatic rings. The number of halogens is 4. The van der Waals surface area contributed by atoms with Gasteiger partial charge in [-0.2, -0.15) is 13.2 Å². The zero-order chi connectivity index (χ0) is 34.7. The van der Waals surface area contributed by atoms with Crippen molar-refractivity contribution in [2.45, 2.75) is 79.1 Å². The van der Waals surface area contributed by atoms with Gasteiger partial charge in [0.15, 0.2) is 0 Å². The molecule has 250 valence electrons. The molecule has 11 heteroatoms. The molecule has 2 atom stereocenters. The minimum atomic E-state index is -4.55. The summed E-state index contributed by atoms with van der Waals surface area (Å²) in [6, 6.07) is 4.04. The van der Waals surface area contributed by atoms with Gasteiger partial charge in [0.05, 0.1) is 18.0 Å². The Labute approximate surface area is 267 Å². The van der Waals surface area contributed by atoms with Crippen LogP contribution in [0.25, 0.3) is 11.1 Å². The van der Waals surface area contributed by atoms with Gasteiger partial charge in [0.2, 0.25) is 5.91 Å². The van der Waals surface area contributed by atoms with Gasteiger partial charge in [0, 0.05) is 24.4 Å². The second kappa shape index (κ2) is 14.6. The number of benzene rings is 2. The highest BCUT2D eigenvalue weighted by molar-refractivity contribution is 5.82. The van der Waals surface area contributed by atoms with Gasteiger partial charge < -0.3 is 19.9 Å². The maximum absolute atomic E-state index is 15.8. The van der Waals surface area contributed by atoms with Crippen LogP contribution in [0.15, 0.2) is 41.3 Å². The standard InChI is InChI=1S/C35H43F4N3O4/c1-19(2)11-29(42-18-24(9-10-41(7)8)20(3)15-30(42)43)34(46)40-28(17-31(44)45)27-16-25(12-23(6)33(27)36)32-21(4)13-26(14-22(32)5)35(37,38)39/h12-16,18-19,28-29H,9-11,17H2,1-8H3,(H,40,46)(H,44,45)/t28-,29?/m0/s1. The van der Waals surface area contributed by atoms with Gasteiger partial charge in [0.1, 0.15) is 11.9 Å². The average molecular weight is 646 g/mol. The van der Waals surface area contributed by atoms with E-state index in [0.717, 1.165) is 23.3 Å². The maximum atomic E-state index is 15.8. The molecule has 0 spiro atoms. The maximum Gasteiger partial charge on any atom is 0.416 e. The Morgan fingerprint density at radius 1 is 0.957 bits per heavy atom. The summed E-state index contributed by atoms with van der Waals surface area (Å²) >= 11 is 0. The van der Waals surface area contributed by atoms with Crippen molar-refractivity contribution in [2.75, 3.05) is 20.6 Å². The van der Waals surface area contributed by atoms with Crippen molar-refractivity contribution >= 4 is 11.9 Å². The molecule has 0 radical (unpaired) electrons. The summed E-state index contributed by atoms with van der Waals surface area (Å²) in [6.07, 6.45) is -2.65. The third-order valence-corrected chi connectivity index (χ3v) is 8.06. The van der Waals surface area contributed by atoms with Crippen LogP contribution in [-0.2, 0) is 22.2 Å². The first-order valence-electron chi connectivity index (χ1n) is 15.2. The van der Waals surface area contributed by atoms with Gasteiger partial charge in [0.25, 0.3) is 5.56 Å². The van der Waals surface area contributed by atoms with Crippen molar-refractivity contribution < 1.29 is 32.3 Å². The van der Waals surface area contributed by atoms with E-state index in [2.05, 4.69) is 5.32 Å². The van der Waals surface area contributed by atoms with Crippen LogP contribution in [-0.4, -0.2) is 47.1 Å². The third kappa shape index (κ3) is 8.84. The fourth-order valence-corrected chi connectivity index (χ4v) is 5.79. The molecular formula is C35H43F4N3O4. The number of hydrogen-bond acceptors (Lipinski definition) is 4. The Morgan fingerprint density at radius 3 is 2.09 bits per heavy atom. The molecular weight excluding hydrogens is 602 g/mol. The van der Waals surface area contributed by atoms with Gasteiger partial charge in [-0.3, -0.25) is 14.4 Å². The summed E-state index contributed by atoms with van der Waals surface area (Å²) in [5.74, 6) is -2.71. The molecule has 46 heavy (non-hydrogen) atoms. The Bertz CT molecular complexity index is 1640. The summed E-state index contributed by atoms with van der Waals surface area (Å²) in [7, 11) is 3.86. The molecule has 1 heterocycles. The monoisotopic (exact) mass is 645 g/mol. The van der Waals surface area contributed by atoms with Crippen molar-refractivity contribution in [1.29, 1.82) is 0 Å². The van der Waals surface area contributed by atoms with E-state index < -0.39 is 47.9 Å². The number of carboxylic acids is 1. The number of likely N-dealkylation sites (N-methyl/N-ethyl adjacent to an activating group) is 1. The van der Waals surface area contributed by atoms with Crippen molar-refractivity contribution in [3.05, 3.63) is 91.6 Å². The third-order valence-electron chi connectivity index (χ3n) is 8.06. The van der Waals surface area contributed by atoms with E-state index in [4.69, 9.17) is 0 Å². The Balaban J connectivity index is 2.12. The van der Waals surface area contributed by atoms with E-state index in [9.17, 15) is 32.7 Å². The lowest BCUT2D eigenvalue weighted by molar-refractivity contribution is -0.138. The van der Waals surface area contributed by atoms with E-state index in [1.54, 1.807) is 6.20 Å². The molecule has 1 unspecified atom stereocenters. The Kier molecular flexibility index (Phi) is 11.6. The predicted octanol–water partition coefficient (Wildman–Crippen LogP) is 6.93. The van der Waals surface area contributed by atoms with E-state index in [0.29, 0.717) is 35.2 Å². The molecule has 0 fully saturated rings. The number of carbonyl (C=O) groups excluding carboxylic acids is 1. The lowest BCUT2D eigenvalue weighted by Crippen LogP contribution is -2.40. The zero-order valence-corrected chi connectivity index (χ0v) is 27.6. The molecule has 0 bridgehead atoms. The molecule has 0 aliphatic heterocycles. The highest BCUT2D eigenvalue weighted by Crippen LogP contribution is 2.38. The number of amides is 1. The summed E-state index contributed by atoms with van der Waals surface area (Å²) in [4.78, 5) is 41.1. The van der Waals surface area contributed by atoms with Gasteiger partial charge in [-0.1, -0.05) is 13.8 Å². The van der Waals surface area contributed by atoms with Gasteiger partial charge in [-0.25, -0.2) is 4.39 Å². The molecule has 3 rings (SSSR count). The predicted molar refractivity (Wildman–Crippen MR) is 170 cm³/mol. The van der Waals surface area contributed by atoms with Crippen LogP contribution in [0.4, 0.5) is 17.6 Å². The Morgan fingerprint density at radius 2 is 1.57 bits per heavy atom. The molecule has 1 aromatic heterocycles. The first kappa shape index (κ1) is 36.5. The van der Waals surface area contributed by atoms with Crippen molar-refractivity contribution in [3.63, 3.8) is 0 Å². The lowest BCUT2D eigenvalue weighted by Gasteiger charge is -2.26. The van der Waals surface area contributed by atoms with Crippen LogP contribution in [0.3, 0.4) is 0 Å². The van der Waals surface area contributed by atoms with Crippen LogP contribution in [0.2, 0.25) is 0 Å². The van der Waals surface area contributed by atoms with E-state index in [1.165, 1.54) is 43.5 Å². The number of hydrogen-bond donors (Lipinski definition) is 2. The number of carboxylic acid groups (broad SMARTS) is 1. The minimum Gasteiger partial charge on any atom is -0.481 e. The van der Waals surface area contributed by atoms with E-state index in [1.807, 2.05) is 39.8 Å². The SMILES string of the molecule is Cc1cc(=O)n(C(CC(C)C)C(=O)N[C@@H](CC(=O)O)c2cc(-c3c(C)cc(C(F)(F)F)cc3C)cc(C)c2F)cc1CCN(C)C. The molecule has 0 aliphatic carbocycles. The van der Waals surface area contributed by atoms with Crippen molar-refractivity contribution in [2.24, 2.45) is 5.92 Å². The van der Waals surface area contributed by atoms with E-state index >= 15 is 4.39 Å². The average Bonchev–Trinajstić information content (AvgIpc) is 2.91. The summed E-state index contributed by atoms with van der Waals surface area (Å²) in [6.45, 7) is 10.8. The summed E-state index contributed by atoms with van der Waals surface area (Å²) in [5.41, 5.74) is 1.95. The second-order valence-electron chi connectivity index (χ2n) is 12.8. The fourth-order valence-electron chi connectivity index (χ4n) is 5.79. The van der Waals surface area contributed by atoms with Crippen LogP contribution >= 0.6 is 0 Å². The minimum absolute atomic E-state index is 0.0277. The number of nitrogens with one attached hydrogen (secondary N) is 1. The second-order valence-corrected chi connectivity index (χ2v) is 12.8. The number of rotatable bonds is 12. The molecule has 7 nitrogen and oxygen atoms in total. The molecule has 0 saturated carbocycles. The van der Waals surface area contributed by atoms with Crippen LogP contribution in [0.5, 0.6) is 0 Å². The Hall–Kier alpha value is -3.99. The largest absolute Gasteiger partial charge is 0.481 e. The molecule has 1 amide bonds. The smallest absolute Gasteiger partial charge is 0.416 e. The first-order valence-corrected chi connectivity index (χ1v) is 15.2. The van der Waals surface area contributed by atoms with Crippen LogP contribution in [0.1, 0.15) is 77.7 Å². The van der Waals surface area contributed by atoms with Crippen LogP contribution < -0.4 is 10.9 Å². The number of pyridine rings is 1. The van der Waals surface area contributed by atoms with Crippen molar-refractivity contribution in [1.82, 2.24) is 14.8 Å². The highest BCUT2D eigenvalue weighted by Gasteiger charge is 2.32. The molecule has 2 N–H and O–H groups in total. The number of alkyl halides is 3. The normalized spacial score (nSPS) is 13.3. The van der Waals surface area contributed by atoms with Gasteiger partial charge in [-0.15, -0.1) is 0 Å². The fraction of sp³-hybridized carbons (Fsp3) is 0.457. The number of aliphatic carboxylic acids is 1. The number of aryl methyl sites for hydroxylation is 4. The molecule has 2 aromatic carbocycles.